The van der Waals surface area contributed by atoms with Crippen LogP contribution >= 0.6 is 11.3 Å². The number of thiophene rings is 1. The molecule has 1 amide bonds. The minimum atomic E-state index is -0.322. The van der Waals surface area contributed by atoms with Gasteiger partial charge in [0.15, 0.2) is 0 Å². The zero-order chi connectivity index (χ0) is 9.68. The van der Waals surface area contributed by atoms with Gasteiger partial charge < -0.3 is 10.4 Å². The SMILES string of the molecule is C=CC(=O)N[C@@H](CO)c1ccsc1. The van der Waals surface area contributed by atoms with Crippen molar-refractivity contribution in [3.05, 3.63) is 35.0 Å². The van der Waals surface area contributed by atoms with Crippen molar-refractivity contribution in [3.8, 4) is 0 Å². The minimum absolute atomic E-state index is 0.101. The molecule has 13 heavy (non-hydrogen) atoms. The summed E-state index contributed by atoms with van der Waals surface area (Å²) in [5, 5.41) is 15.4. The summed E-state index contributed by atoms with van der Waals surface area (Å²) in [6.45, 7) is 3.24. The summed E-state index contributed by atoms with van der Waals surface area (Å²) in [5.41, 5.74) is 0.919. The van der Waals surface area contributed by atoms with Crippen molar-refractivity contribution in [1.82, 2.24) is 5.32 Å². The van der Waals surface area contributed by atoms with Gasteiger partial charge in [0.1, 0.15) is 0 Å². The quantitative estimate of drug-likeness (QED) is 0.710. The lowest BCUT2D eigenvalue weighted by molar-refractivity contribution is -0.117. The first-order chi connectivity index (χ1) is 6.27. The van der Waals surface area contributed by atoms with E-state index in [9.17, 15) is 4.79 Å². The number of carbonyl (C=O) groups excluding carboxylic acids is 1. The number of carbonyl (C=O) groups is 1. The van der Waals surface area contributed by atoms with Gasteiger partial charge in [-0.1, -0.05) is 6.58 Å². The van der Waals surface area contributed by atoms with E-state index in [1.54, 1.807) is 0 Å². The smallest absolute Gasteiger partial charge is 0.243 e. The number of hydrogen-bond donors (Lipinski definition) is 2. The van der Waals surface area contributed by atoms with E-state index in [-0.39, 0.29) is 18.6 Å². The van der Waals surface area contributed by atoms with Crippen molar-refractivity contribution in [2.45, 2.75) is 6.04 Å². The molecule has 3 nitrogen and oxygen atoms in total. The molecule has 0 bridgehead atoms. The Hall–Kier alpha value is -1.13. The monoisotopic (exact) mass is 197 g/mol. The van der Waals surface area contributed by atoms with Crippen LogP contribution in [0.25, 0.3) is 0 Å². The fourth-order valence-corrected chi connectivity index (χ4v) is 1.65. The normalized spacial score (nSPS) is 12.1. The second-order valence-corrected chi connectivity index (χ2v) is 3.28. The average molecular weight is 197 g/mol. The van der Waals surface area contributed by atoms with Crippen LogP contribution in [0, 0.1) is 0 Å². The summed E-state index contributed by atoms with van der Waals surface area (Å²) in [7, 11) is 0. The Morgan fingerprint density at radius 1 is 1.85 bits per heavy atom. The van der Waals surface area contributed by atoms with Gasteiger partial charge in [-0.15, -0.1) is 0 Å². The number of aliphatic hydroxyl groups is 1. The summed E-state index contributed by atoms with van der Waals surface area (Å²) in [6, 6.07) is 1.55. The van der Waals surface area contributed by atoms with E-state index >= 15 is 0 Å². The topological polar surface area (TPSA) is 49.3 Å². The zero-order valence-corrected chi connectivity index (χ0v) is 7.88. The zero-order valence-electron chi connectivity index (χ0n) is 7.06. The first kappa shape index (κ1) is 9.95. The Morgan fingerprint density at radius 3 is 3.08 bits per heavy atom. The van der Waals surface area contributed by atoms with Crippen molar-refractivity contribution < 1.29 is 9.90 Å². The lowest BCUT2D eigenvalue weighted by Gasteiger charge is -2.13. The standard InChI is InChI=1S/C9H11NO2S/c1-2-9(12)10-8(5-11)7-3-4-13-6-7/h2-4,6,8,11H,1,5H2,(H,10,12)/t8-/m0/s1. The molecule has 0 saturated heterocycles. The molecular formula is C9H11NO2S. The fourth-order valence-electron chi connectivity index (χ4n) is 0.938. The van der Waals surface area contributed by atoms with Gasteiger partial charge in [0, 0.05) is 0 Å². The largest absolute Gasteiger partial charge is 0.394 e. The lowest BCUT2D eigenvalue weighted by Crippen LogP contribution is -2.28. The Morgan fingerprint density at radius 2 is 2.62 bits per heavy atom. The Kier molecular flexibility index (Phi) is 3.67. The highest BCUT2D eigenvalue weighted by atomic mass is 32.1. The first-order valence-corrected chi connectivity index (χ1v) is 4.78. The fraction of sp³-hybridized carbons (Fsp3) is 0.222. The van der Waals surface area contributed by atoms with E-state index in [4.69, 9.17) is 5.11 Å². The van der Waals surface area contributed by atoms with Crippen molar-refractivity contribution >= 4 is 17.2 Å². The van der Waals surface area contributed by atoms with Gasteiger partial charge in [-0.25, -0.2) is 0 Å². The highest BCUT2D eigenvalue weighted by Crippen LogP contribution is 2.15. The lowest BCUT2D eigenvalue weighted by atomic mass is 10.1. The molecule has 0 saturated carbocycles. The molecule has 1 heterocycles. The van der Waals surface area contributed by atoms with E-state index in [1.165, 1.54) is 17.4 Å². The van der Waals surface area contributed by atoms with Crippen LogP contribution in [-0.4, -0.2) is 17.6 Å². The van der Waals surface area contributed by atoms with Crippen LogP contribution < -0.4 is 5.32 Å². The van der Waals surface area contributed by atoms with E-state index in [2.05, 4.69) is 11.9 Å². The van der Waals surface area contributed by atoms with Gasteiger partial charge in [-0.2, -0.15) is 11.3 Å². The average Bonchev–Trinajstić information content (AvgIpc) is 2.66. The third-order valence-electron chi connectivity index (χ3n) is 1.63. The van der Waals surface area contributed by atoms with Crippen molar-refractivity contribution in [2.24, 2.45) is 0 Å². The van der Waals surface area contributed by atoms with Crippen LogP contribution in [0.1, 0.15) is 11.6 Å². The maximum atomic E-state index is 10.9. The predicted octanol–water partition coefficient (Wildman–Crippen LogP) is 1.08. The third-order valence-corrected chi connectivity index (χ3v) is 2.33. The molecule has 0 fully saturated rings. The van der Waals surface area contributed by atoms with Crippen molar-refractivity contribution in [3.63, 3.8) is 0 Å². The van der Waals surface area contributed by atoms with Crippen LogP contribution in [0.3, 0.4) is 0 Å². The molecule has 1 atom stereocenters. The van der Waals surface area contributed by atoms with E-state index in [0.717, 1.165) is 5.56 Å². The van der Waals surface area contributed by atoms with Gasteiger partial charge in [-0.3, -0.25) is 4.79 Å². The molecule has 0 unspecified atom stereocenters. The second-order valence-electron chi connectivity index (χ2n) is 2.50. The molecule has 1 aromatic heterocycles. The highest BCUT2D eigenvalue weighted by Gasteiger charge is 2.11. The third kappa shape index (κ3) is 2.68. The number of amides is 1. The molecule has 0 aliphatic rings. The molecule has 0 aliphatic carbocycles. The van der Waals surface area contributed by atoms with Crippen LogP contribution in [0.4, 0.5) is 0 Å². The molecule has 0 radical (unpaired) electrons. The summed E-state index contributed by atoms with van der Waals surface area (Å²) in [5.74, 6) is -0.273. The molecule has 0 aliphatic heterocycles. The minimum Gasteiger partial charge on any atom is -0.394 e. The van der Waals surface area contributed by atoms with Crippen LogP contribution in [0.15, 0.2) is 29.5 Å². The molecular weight excluding hydrogens is 186 g/mol. The van der Waals surface area contributed by atoms with E-state index < -0.39 is 0 Å². The molecule has 70 valence electrons. The van der Waals surface area contributed by atoms with Crippen molar-refractivity contribution in [2.75, 3.05) is 6.61 Å². The van der Waals surface area contributed by atoms with Crippen LogP contribution in [0.2, 0.25) is 0 Å². The molecule has 0 spiro atoms. The maximum absolute atomic E-state index is 10.9. The molecule has 1 rings (SSSR count). The number of aliphatic hydroxyl groups excluding tert-OH is 1. The number of hydrogen-bond acceptors (Lipinski definition) is 3. The summed E-state index contributed by atoms with van der Waals surface area (Å²) in [4.78, 5) is 10.9. The summed E-state index contributed by atoms with van der Waals surface area (Å²) >= 11 is 1.53. The predicted molar refractivity (Wildman–Crippen MR) is 52.5 cm³/mol. The number of rotatable bonds is 4. The summed E-state index contributed by atoms with van der Waals surface area (Å²) < 4.78 is 0. The Bertz CT molecular complexity index is 282. The highest BCUT2D eigenvalue weighted by molar-refractivity contribution is 7.07. The molecule has 4 heteroatoms. The molecule has 2 N–H and O–H groups in total. The molecule has 1 aromatic rings. The van der Waals surface area contributed by atoms with Gasteiger partial charge in [0.25, 0.3) is 0 Å². The van der Waals surface area contributed by atoms with Gasteiger partial charge >= 0.3 is 0 Å². The van der Waals surface area contributed by atoms with Gasteiger partial charge in [-0.05, 0) is 28.5 Å². The van der Waals surface area contributed by atoms with E-state index in [1.807, 2.05) is 16.8 Å². The molecule has 0 aromatic carbocycles. The van der Waals surface area contributed by atoms with Gasteiger partial charge in [0.05, 0.1) is 12.6 Å². The summed E-state index contributed by atoms with van der Waals surface area (Å²) in [6.07, 6.45) is 1.19. The van der Waals surface area contributed by atoms with E-state index in [0.29, 0.717) is 0 Å². The van der Waals surface area contributed by atoms with Crippen molar-refractivity contribution in [1.29, 1.82) is 0 Å². The Labute approximate surface area is 80.7 Å². The van der Waals surface area contributed by atoms with Gasteiger partial charge in [0.2, 0.25) is 5.91 Å². The maximum Gasteiger partial charge on any atom is 0.243 e. The van der Waals surface area contributed by atoms with Crippen LogP contribution in [-0.2, 0) is 4.79 Å². The van der Waals surface area contributed by atoms with Crippen LogP contribution in [0.5, 0.6) is 0 Å². The number of nitrogens with one attached hydrogen (secondary N) is 1. The first-order valence-electron chi connectivity index (χ1n) is 3.83. The second kappa shape index (κ2) is 4.79. The Balaban J connectivity index is 2.63.